The largest absolute Gasteiger partial charge is 0.463 e. The van der Waals surface area contributed by atoms with Gasteiger partial charge in [-0.2, -0.15) is 10.4 Å². The van der Waals surface area contributed by atoms with Gasteiger partial charge >= 0.3 is 11.9 Å². The van der Waals surface area contributed by atoms with E-state index in [0.29, 0.717) is 12.8 Å². The average molecular weight is 428 g/mol. The molecular formula is C20H21N5O6. The zero-order chi connectivity index (χ0) is 22.6. The van der Waals surface area contributed by atoms with Gasteiger partial charge in [-0.1, -0.05) is 0 Å². The molecule has 0 aromatic carbocycles. The molecule has 2 aromatic rings. The van der Waals surface area contributed by atoms with E-state index < -0.39 is 35.9 Å². The zero-order valence-electron chi connectivity index (χ0n) is 17.4. The topological polar surface area (TPSA) is 162 Å². The molecule has 2 aromatic heterocycles. The van der Waals surface area contributed by atoms with Crippen LogP contribution < -0.4 is 5.73 Å². The van der Waals surface area contributed by atoms with E-state index in [1.807, 2.05) is 6.07 Å². The lowest BCUT2D eigenvalue weighted by Crippen LogP contribution is -2.43. The number of anilines is 1. The number of aliphatic hydroxyl groups is 1. The molecule has 2 saturated carbocycles. The summed E-state index contributed by atoms with van der Waals surface area (Å²) >= 11 is 0. The first kappa shape index (κ1) is 18.5. The van der Waals surface area contributed by atoms with Crippen molar-refractivity contribution in [3.8, 4) is 6.07 Å². The minimum absolute atomic E-state index is 0.0171. The monoisotopic (exact) mass is 428 g/mol. The summed E-state index contributed by atoms with van der Waals surface area (Å²) in [4.78, 5) is 28.2. The van der Waals surface area contributed by atoms with Crippen LogP contribution in [0.1, 0.15) is 32.7 Å². The number of hydrogen-bond acceptors (Lipinski definition) is 10. The molecule has 3 heterocycles. The van der Waals surface area contributed by atoms with Crippen LogP contribution in [0.5, 0.6) is 0 Å². The van der Waals surface area contributed by atoms with Gasteiger partial charge in [0.15, 0.2) is 11.9 Å². The highest BCUT2D eigenvalue weighted by Gasteiger charge is 2.60. The maximum Gasteiger partial charge on any atom is 0.309 e. The fourth-order valence-corrected chi connectivity index (χ4v) is 3.74. The summed E-state index contributed by atoms with van der Waals surface area (Å²) in [6.45, 7) is -0.299. The number of nitrogens with two attached hydrogens (primary N) is 1. The van der Waals surface area contributed by atoms with Crippen LogP contribution in [0.4, 0.5) is 5.82 Å². The first-order chi connectivity index (χ1) is 15.4. The summed E-state index contributed by atoms with van der Waals surface area (Å²) < 4.78 is 26.2. The summed E-state index contributed by atoms with van der Waals surface area (Å²) in [5, 5.41) is 25.4. The molecule has 0 bridgehead atoms. The molecule has 3 fully saturated rings. The van der Waals surface area contributed by atoms with Crippen molar-refractivity contribution in [2.24, 2.45) is 11.8 Å². The number of nitrogen functional groups attached to an aromatic ring is 1. The predicted octanol–water partition coefficient (Wildman–Crippen LogP) is 0.0651. The van der Waals surface area contributed by atoms with E-state index in [2.05, 4.69) is 10.1 Å². The zero-order valence-corrected chi connectivity index (χ0v) is 16.4. The van der Waals surface area contributed by atoms with Crippen LogP contribution in [-0.4, -0.2) is 56.6 Å². The van der Waals surface area contributed by atoms with Crippen molar-refractivity contribution in [2.75, 3.05) is 12.3 Å². The smallest absolute Gasteiger partial charge is 0.309 e. The normalized spacial score (nSPS) is 30.6. The van der Waals surface area contributed by atoms with E-state index >= 15 is 0 Å². The van der Waals surface area contributed by atoms with Crippen LogP contribution >= 0.6 is 0 Å². The van der Waals surface area contributed by atoms with Gasteiger partial charge in [0.25, 0.3) is 0 Å². The van der Waals surface area contributed by atoms with Gasteiger partial charge in [0.05, 0.1) is 18.9 Å². The molecule has 0 amide bonds. The predicted molar refractivity (Wildman–Crippen MR) is 102 cm³/mol. The molecule has 0 radical (unpaired) electrons. The summed E-state index contributed by atoms with van der Waals surface area (Å²) in [5.74, 6) is -1.29. The average Bonchev–Trinajstić information content (AvgIpc) is 3.69. The minimum atomic E-state index is -2.05. The van der Waals surface area contributed by atoms with E-state index in [0.717, 1.165) is 19.2 Å². The van der Waals surface area contributed by atoms with E-state index in [4.69, 9.17) is 21.3 Å². The number of nitrogens with zero attached hydrogens (tertiary/aromatic N) is 4. The van der Waals surface area contributed by atoms with Crippen molar-refractivity contribution in [3.63, 3.8) is 0 Å². The number of carbonyl (C=O) groups is 2. The number of nitriles is 1. The van der Waals surface area contributed by atoms with Crippen LogP contribution in [0.3, 0.4) is 0 Å². The molecule has 162 valence electrons. The van der Waals surface area contributed by atoms with Crippen molar-refractivity contribution in [1.82, 2.24) is 14.6 Å². The number of esters is 2. The van der Waals surface area contributed by atoms with Crippen molar-refractivity contribution < 1.29 is 30.3 Å². The molecule has 11 nitrogen and oxygen atoms in total. The number of fused-ring (bicyclic) bond motifs is 1. The third-order valence-corrected chi connectivity index (χ3v) is 5.83. The van der Waals surface area contributed by atoms with Gasteiger partial charge in [-0.15, -0.1) is 0 Å². The summed E-state index contributed by atoms with van der Waals surface area (Å²) in [5.41, 5.74) is 3.99. The van der Waals surface area contributed by atoms with Crippen LogP contribution in [0, 0.1) is 23.2 Å². The highest BCUT2D eigenvalue weighted by Crippen LogP contribution is 2.43. The van der Waals surface area contributed by atoms with Gasteiger partial charge < -0.3 is 25.1 Å². The molecule has 1 aliphatic heterocycles. The first-order valence-corrected chi connectivity index (χ1v) is 10.1. The second kappa shape index (κ2) is 7.18. The lowest BCUT2D eigenvalue weighted by molar-refractivity contribution is -0.161. The highest BCUT2D eigenvalue weighted by molar-refractivity contribution is 5.76. The molecule has 4 atom stereocenters. The fourth-order valence-electron chi connectivity index (χ4n) is 3.74. The second-order valence-corrected chi connectivity index (χ2v) is 8.11. The standard InChI is InChI=1S/C20H21N5O6/c21-8-20(14-6-5-12-17(22)23-9-24-25(12)14)16(26)15(30-19(28)11-3-4-11)13(31-20)7-29-18(27)10-1-2-10/h5-6,9-11,13,15-16,26H,1-4,7H2,(H2,22,23,24)/t13-,15-,16-,20+/m1/s1/i5D. The molecule has 2 aliphatic carbocycles. The van der Waals surface area contributed by atoms with Crippen LogP contribution in [0.2, 0.25) is 0 Å². The molecule has 0 unspecified atom stereocenters. The van der Waals surface area contributed by atoms with Gasteiger partial charge in [-0.3, -0.25) is 9.59 Å². The van der Waals surface area contributed by atoms with Gasteiger partial charge in [-0.05, 0) is 37.8 Å². The van der Waals surface area contributed by atoms with Gasteiger partial charge in [0.1, 0.15) is 36.7 Å². The van der Waals surface area contributed by atoms with Gasteiger partial charge in [-0.25, -0.2) is 9.50 Å². The molecule has 5 rings (SSSR count). The van der Waals surface area contributed by atoms with E-state index in [9.17, 15) is 20.0 Å². The van der Waals surface area contributed by atoms with Crippen molar-refractivity contribution in [3.05, 3.63) is 24.1 Å². The van der Waals surface area contributed by atoms with Crippen molar-refractivity contribution in [2.45, 2.75) is 49.6 Å². The van der Waals surface area contributed by atoms with Crippen molar-refractivity contribution in [1.29, 1.82) is 5.26 Å². The lowest BCUT2D eigenvalue weighted by Gasteiger charge is -2.24. The molecule has 3 N–H and O–H groups in total. The fraction of sp³-hybridized carbons (Fsp3) is 0.550. The summed E-state index contributed by atoms with van der Waals surface area (Å²) in [6.07, 6.45) is 0.0506. The molecule has 1 saturated heterocycles. The SMILES string of the molecule is [2H]c1cc([C@]2(C#N)O[C@H](COC(=O)C3CC3)[C@@H](OC(=O)C3CC3)[C@H]2O)n2ncnc(N)c12. The van der Waals surface area contributed by atoms with Crippen molar-refractivity contribution >= 4 is 23.3 Å². The first-order valence-electron chi connectivity index (χ1n) is 10.6. The molecule has 11 heteroatoms. The molecule has 3 aliphatic rings. The Hall–Kier alpha value is -3.23. The summed E-state index contributed by atoms with van der Waals surface area (Å²) in [6, 6.07) is 3.19. The number of hydrogen-bond donors (Lipinski definition) is 2. The number of aromatic nitrogens is 3. The Balaban J connectivity index is 1.51. The Morgan fingerprint density at radius 3 is 2.77 bits per heavy atom. The highest BCUT2D eigenvalue weighted by atomic mass is 16.6. The minimum Gasteiger partial charge on any atom is -0.463 e. The van der Waals surface area contributed by atoms with Crippen LogP contribution in [0.25, 0.3) is 5.52 Å². The Kier molecular flexibility index (Phi) is 4.29. The Labute approximate surface area is 178 Å². The summed E-state index contributed by atoms with van der Waals surface area (Å²) in [7, 11) is 0. The maximum absolute atomic E-state index is 12.4. The van der Waals surface area contributed by atoms with Crippen LogP contribution in [0.15, 0.2) is 18.4 Å². The maximum atomic E-state index is 12.4. The Morgan fingerprint density at radius 2 is 2.10 bits per heavy atom. The number of aliphatic hydroxyl groups excluding tert-OH is 1. The van der Waals surface area contributed by atoms with Gasteiger partial charge in [0, 0.05) is 0 Å². The Bertz CT molecular complexity index is 1140. The Morgan fingerprint density at radius 1 is 1.39 bits per heavy atom. The van der Waals surface area contributed by atoms with E-state index in [1.165, 1.54) is 10.6 Å². The molecule has 31 heavy (non-hydrogen) atoms. The lowest BCUT2D eigenvalue weighted by atomic mass is 9.92. The molecule has 0 spiro atoms. The van der Waals surface area contributed by atoms with Crippen LogP contribution in [-0.2, 0) is 29.4 Å². The molecular weight excluding hydrogens is 406 g/mol. The van der Waals surface area contributed by atoms with Gasteiger partial charge in [0.2, 0.25) is 5.60 Å². The number of rotatable bonds is 6. The van der Waals surface area contributed by atoms with E-state index in [-0.39, 0.29) is 41.5 Å². The number of ether oxygens (including phenoxy) is 3. The quantitative estimate of drug-likeness (QED) is 0.602. The second-order valence-electron chi connectivity index (χ2n) is 8.11. The third kappa shape index (κ3) is 3.28. The third-order valence-electron chi connectivity index (χ3n) is 5.83. The van der Waals surface area contributed by atoms with E-state index in [1.54, 1.807) is 0 Å². The number of carbonyl (C=O) groups excluding carboxylic acids is 2.